The molecule has 0 aliphatic heterocycles. The Morgan fingerprint density at radius 1 is 1.29 bits per heavy atom. The predicted molar refractivity (Wildman–Crippen MR) is 100 cm³/mol. The molecule has 0 atom stereocenters. The van der Waals surface area contributed by atoms with Gasteiger partial charge in [0.15, 0.2) is 5.16 Å². The molecule has 0 bridgehead atoms. The molecule has 2 aromatic rings. The van der Waals surface area contributed by atoms with E-state index in [2.05, 4.69) is 30.7 Å². The molecule has 1 aromatic carbocycles. The molecule has 0 saturated carbocycles. The van der Waals surface area contributed by atoms with E-state index in [1.54, 1.807) is 0 Å². The molecule has 0 unspecified atom stereocenters. The number of nitrogens with one attached hydrogen (secondary N) is 1. The lowest BCUT2D eigenvalue weighted by molar-refractivity contribution is 0.269. The molecule has 4 nitrogen and oxygen atoms in total. The molecule has 1 heterocycles. The minimum Gasteiger partial charge on any atom is -0.493 e. The Kier molecular flexibility index (Phi) is 6.91. The number of benzene rings is 1. The molecular formula is C19H26N2O2S. The molecule has 0 saturated heterocycles. The highest BCUT2D eigenvalue weighted by molar-refractivity contribution is 7.98. The van der Waals surface area contributed by atoms with Crippen LogP contribution in [-0.4, -0.2) is 22.8 Å². The molecule has 0 radical (unpaired) electrons. The van der Waals surface area contributed by atoms with Crippen LogP contribution in [0, 0.1) is 5.92 Å². The van der Waals surface area contributed by atoms with Crippen molar-refractivity contribution in [3.05, 3.63) is 51.4 Å². The minimum absolute atomic E-state index is 0.0449. The summed E-state index contributed by atoms with van der Waals surface area (Å²) in [5, 5.41) is 0.677. The van der Waals surface area contributed by atoms with Crippen molar-refractivity contribution in [1.29, 1.82) is 0 Å². The van der Waals surface area contributed by atoms with Crippen LogP contribution in [-0.2, 0) is 12.8 Å². The zero-order valence-corrected chi connectivity index (χ0v) is 15.7. The summed E-state index contributed by atoms with van der Waals surface area (Å²) in [6, 6.07) is 7.93. The maximum Gasteiger partial charge on any atom is 0.255 e. The van der Waals surface area contributed by atoms with Gasteiger partial charge in [-0.1, -0.05) is 57.2 Å². The van der Waals surface area contributed by atoms with Crippen molar-refractivity contribution in [2.24, 2.45) is 5.92 Å². The maximum absolute atomic E-state index is 12.5. The number of hydrogen-bond acceptors (Lipinski definition) is 4. The van der Waals surface area contributed by atoms with Gasteiger partial charge in [0.05, 0.1) is 12.3 Å². The average molecular weight is 346 g/mol. The van der Waals surface area contributed by atoms with E-state index in [0.29, 0.717) is 24.1 Å². The third kappa shape index (κ3) is 4.87. The standard InChI is InChI=1S/C19H26N2O2S/c1-5-8-16-15(18(22)21-19(20-16)24-4)11-14-9-6-7-10-17(14)23-12-13(2)3/h6-7,9-10,13H,5,8,11-12H2,1-4H3,(H,20,21,22). The number of aryl methyl sites for hydroxylation is 1. The van der Waals surface area contributed by atoms with E-state index in [1.165, 1.54) is 11.8 Å². The fraction of sp³-hybridized carbons (Fsp3) is 0.474. The van der Waals surface area contributed by atoms with Gasteiger partial charge in [-0.2, -0.15) is 0 Å². The summed E-state index contributed by atoms with van der Waals surface area (Å²) >= 11 is 1.46. The van der Waals surface area contributed by atoms with Crippen LogP contribution in [0.1, 0.15) is 44.0 Å². The van der Waals surface area contributed by atoms with Gasteiger partial charge in [0.25, 0.3) is 5.56 Å². The Hall–Kier alpha value is -1.75. The summed E-state index contributed by atoms with van der Waals surface area (Å²) < 4.78 is 5.92. The van der Waals surface area contributed by atoms with Crippen LogP contribution >= 0.6 is 11.8 Å². The fourth-order valence-electron chi connectivity index (χ4n) is 2.48. The molecule has 24 heavy (non-hydrogen) atoms. The first kappa shape index (κ1) is 18.6. The van der Waals surface area contributed by atoms with Crippen LogP contribution in [0.3, 0.4) is 0 Å². The van der Waals surface area contributed by atoms with Crippen LogP contribution in [0.2, 0.25) is 0 Å². The largest absolute Gasteiger partial charge is 0.493 e. The molecular weight excluding hydrogens is 320 g/mol. The van der Waals surface area contributed by atoms with Crippen molar-refractivity contribution in [3.63, 3.8) is 0 Å². The molecule has 1 N–H and O–H groups in total. The van der Waals surface area contributed by atoms with E-state index in [1.807, 2.05) is 30.5 Å². The van der Waals surface area contributed by atoms with Crippen LogP contribution in [0.5, 0.6) is 5.75 Å². The van der Waals surface area contributed by atoms with Gasteiger partial charge < -0.3 is 9.72 Å². The summed E-state index contributed by atoms with van der Waals surface area (Å²) in [7, 11) is 0. The monoisotopic (exact) mass is 346 g/mol. The van der Waals surface area contributed by atoms with E-state index in [9.17, 15) is 4.79 Å². The quantitative estimate of drug-likeness (QED) is 0.578. The molecule has 0 amide bonds. The van der Waals surface area contributed by atoms with Crippen molar-refractivity contribution in [2.75, 3.05) is 12.9 Å². The van der Waals surface area contributed by atoms with Crippen LogP contribution in [0.25, 0.3) is 0 Å². The van der Waals surface area contributed by atoms with E-state index in [0.717, 1.165) is 35.4 Å². The fourth-order valence-corrected chi connectivity index (χ4v) is 2.88. The Labute approximate surface area is 148 Å². The molecule has 2 rings (SSSR count). The Morgan fingerprint density at radius 2 is 2.04 bits per heavy atom. The lowest BCUT2D eigenvalue weighted by atomic mass is 10.0. The average Bonchev–Trinajstić information content (AvgIpc) is 2.56. The van der Waals surface area contributed by atoms with Crippen LogP contribution in [0.15, 0.2) is 34.2 Å². The normalized spacial score (nSPS) is 11.0. The van der Waals surface area contributed by atoms with Gasteiger partial charge in [0.2, 0.25) is 0 Å². The van der Waals surface area contributed by atoms with Gasteiger partial charge in [-0.25, -0.2) is 4.98 Å². The van der Waals surface area contributed by atoms with Gasteiger partial charge in [-0.05, 0) is 30.2 Å². The highest BCUT2D eigenvalue weighted by Crippen LogP contribution is 2.23. The first-order valence-corrected chi connectivity index (χ1v) is 9.64. The Balaban J connectivity index is 2.36. The SMILES string of the molecule is CCCc1nc(SC)[nH]c(=O)c1Cc1ccccc1OCC(C)C. The van der Waals surface area contributed by atoms with Gasteiger partial charge in [0, 0.05) is 12.0 Å². The summed E-state index contributed by atoms with van der Waals surface area (Å²) in [5.74, 6) is 1.31. The predicted octanol–water partition coefficient (Wildman–Crippen LogP) is 4.07. The van der Waals surface area contributed by atoms with E-state index < -0.39 is 0 Å². The van der Waals surface area contributed by atoms with Crippen molar-refractivity contribution < 1.29 is 4.74 Å². The van der Waals surface area contributed by atoms with Crippen molar-refractivity contribution in [1.82, 2.24) is 9.97 Å². The Bertz CT molecular complexity index is 726. The molecule has 130 valence electrons. The summed E-state index contributed by atoms with van der Waals surface area (Å²) in [6.45, 7) is 7.01. The smallest absolute Gasteiger partial charge is 0.255 e. The number of H-pyrrole nitrogens is 1. The number of para-hydroxylation sites is 1. The molecule has 0 spiro atoms. The molecule has 5 heteroatoms. The highest BCUT2D eigenvalue weighted by atomic mass is 32.2. The lowest BCUT2D eigenvalue weighted by Crippen LogP contribution is -2.19. The van der Waals surface area contributed by atoms with Crippen LogP contribution in [0.4, 0.5) is 0 Å². The third-order valence-corrected chi connectivity index (χ3v) is 4.25. The van der Waals surface area contributed by atoms with Crippen molar-refractivity contribution in [3.8, 4) is 5.75 Å². The van der Waals surface area contributed by atoms with E-state index >= 15 is 0 Å². The molecule has 0 aliphatic rings. The van der Waals surface area contributed by atoms with E-state index in [-0.39, 0.29) is 5.56 Å². The van der Waals surface area contributed by atoms with Crippen molar-refractivity contribution >= 4 is 11.8 Å². The third-order valence-electron chi connectivity index (χ3n) is 3.67. The minimum atomic E-state index is -0.0449. The molecule has 0 aliphatic carbocycles. The molecule has 0 fully saturated rings. The second kappa shape index (κ2) is 8.92. The van der Waals surface area contributed by atoms with Gasteiger partial charge in [-0.3, -0.25) is 4.79 Å². The highest BCUT2D eigenvalue weighted by Gasteiger charge is 2.14. The lowest BCUT2D eigenvalue weighted by Gasteiger charge is -2.14. The zero-order chi connectivity index (χ0) is 17.5. The maximum atomic E-state index is 12.5. The molecule has 1 aromatic heterocycles. The topological polar surface area (TPSA) is 55.0 Å². The number of aromatic amines is 1. The number of thioether (sulfide) groups is 1. The van der Waals surface area contributed by atoms with Crippen molar-refractivity contribution in [2.45, 2.75) is 45.2 Å². The summed E-state index contributed by atoms with van der Waals surface area (Å²) in [5.41, 5.74) is 2.62. The number of rotatable bonds is 8. The van der Waals surface area contributed by atoms with Gasteiger partial charge in [-0.15, -0.1) is 0 Å². The van der Waals surface area contributed by atoms with E-state index in [4.69, 9.17) is 4.74 Å². The van der Waals surface area contributed by atoms with Gasteiger partial charge in [0.1, 0.15) is 5.75 Å². The zero-order valence-electron chi connectivity index (χ0n) is 14.9. The number of hydrogen-bond donors (Lipinski definition) is 1. The second-order valence-corrected chi connectivity index (χ2v) is 7.03. The first-order chi connectivity index (χ1) is 11.5. The van der Waals surface area contributed by atoms with Gasteiger partial charge >= 0.3 is 0 Å². The number of ether oxygens (including phenoxy) is 1. The first-order valence-electron chi connectivity index (χ1n) is 8.41. The second-order valence-electron chi connectivity index (χ2n) is 6.24. The Morgan fingerprint density at radius 3 is 2.71 bits per heavy atom. The summed E-state index contributed by atoms with van der Waals surface area (Å²) in [4.78, 5) is 20.0. The van der Waals surface area contributed by atoms with Crippen LogP contribution < -0.4 is 10.3 Å². The number of nitrogens with zero attached hydrogens (tertiary/aromatic N) is 1. The summed E-state index contributed by atoms with van der Waals surface area (Å²) in [6.07, 6.45) is 4.23. The number of aromatic nitrogens is 2.